The van der Waals surface area contributed by atoms with Crippen molar-refractivity contribution in [2.75, 3.05) is 0 Å². The highest BCUT2D eigenvalue weighted by Gasteiger charge is 1.98. The fourth-order valence-electron chi connectivity index (χ4n) is 1.09. The Kier molecular flexibility index (Phi) is 3.53. The second kappa shape index (κ2) is 4.89. The van der Waals surface area contributed by atoms with Gasteiger partial charge in [-0.05, 0) is 6.07 Å². The smallest absolute Gasteiger partial charge is 0.0795 e. The minimum atomic E-state index is 0.818. The van der Waals surface area contributed by atoms with Crippen LogP contribution in [0.1, 0.15) is 10.6 Å². The Morgan fingerprint density at radius 3 is 2.93 bits per heavy atom. The first-order valence-corrected chi connectivity index (χ1v) is 6.35. The Hall–Kier alpha value is -0.420. The van der Waals surface area contributed by atoms with Crippen LogP contribution in [-0.2, 0) is 13.1 Å². The topological polar surface area (TPSA) is 24.9 Å². The summed E-state index contributed by atoms with van der Waals surface area (Å²) >= 11 is 9.11. The van der Waals surface area contributed by atoms with Crippen LogP contribution in [0, 0.1) is 0 Å². The molecule has 0 fully saturated rings. The normalized spacial score (nSPS) is 10.6. The zero-order valence-corrected chi connectivity index (χ0v) is 9.75. The van der Waals surface area contributed by atoms with Gasteiger partial charge < -0.3 is 5.32 Å². The number of thiazole rings is 1. The maximum Gasteiger partial charge on any atom is 0.0795 e. The van der Waals surface area contributed by atoms with Gasteiger partial charge in [-0.2, -0.15) is 0 Å². The Balaban J connectivity index is 1.78. The molecule has 0 unspecified atom stereocenters. The number of hydrogen-bond acceptors (Lipinski definition) is 4. The molecular formula is C9H9ClN2S2. The van der Waals surface area contributed by atoms with Crippen LogP contribution in [0.3, 0.4) is 0 Å². The Labute approximate surface area is 95.6 Å². The van der Waals surface area contributed by atoms with Crippen molar-refractivity contribution in [2.45, 2.75) is 13.1 Å². The van der Waals surface area contributed by atoms with Crippen LogP contribution in [0.25, 0.3) is 0 Å². The molecule has 14 heavy (non-hydrogen) atoms. The van der Waals surface area contributed by atoms with Crippen LogP contribution >= 0.6 is 34.3 Å². The first-order chi connectivity index (χ1) is 6.84. The van der Waals surface area contributed by atoms with Crippen LogP contribution in [-0.4, -0.2) is 4.98 Å². The molecule has 2 aromatic rings. The van der Waals surface area contributed by atoms with E-state index in [2.05, 4.69) is 15.7 Å². The molecule has 0 aliphatic rings. The molecule has 0 aromatic carbocycles. The molecule has 0 radical (unpaired) electrons. The van der Waals surface area contributed by atoms with E-state index in [9.17, 15) is 0 Å². The summed E-state index contributed by atoms with van der Waals surface area (Å²) in [5.41, 5.74) is 2.94. The van der Waals surface area contributed by atoms with E-state index in [0.29, 0.717) is 0 Å². The lowest BCUT2D eigenvalue weighted by Crippen LogP contribution is -2.11. The highest BCUT2D eigenvalue weighted by atomic mass is 35.5. The number of rotatable bonds is 4. The van der Waals surface area contributed by atoms with Crippen molar-refractivity contribution in [3.05, 3.63) is 37.9 Å². The molecule has 0 atom stereocenters. The van der Waals surface area contributed by atoms with Gasteiger partial charge in [0.2, 0.25) is 0 Å². The monoisotopic (exact) mass is 244 g/mol. The summed E-state index contributed by atoms with van der Waals surface area (Å²) in [5.74, 6) is 0. The van der Waals surface area contributed by atoms with E-state index < -0.39 is 0 Å². The molecule has 0 aliphatic heterocycles. The summed E-state index contributed by atoms with van der Waals surface area (Å²) in [4.78, 5) is 5.44. The minimum Gasteiger partial charge on any atom is -0.306 e. The lowest BCUT2D eigenvalue weighted by Gasteiger charge is -1.98. The number of aromatic nitrogens is 1. The molecule has 74 valence electrons. The fourth-order valence-corrected chi connectivity index (χ4v) is 2.69. The molecule has 0 saturated heterocycles. The highest BCUT2D eigenvalue weighted by Crippen LogP contribution is 2.18. The number of nitrogens with zero attached hydrogens (tertiary/aromatic N) is 1. The van der Waals surface area contributed by atoms with Crippen LogP contribution < -0.4 is 5.32 Å². The van der Waals surface area contributed by atoms with Gasteiger partial charge in [0.15, 0.2) is 0 Å². The van der Waals surface area contributed by atoms with Gasteiger partial charge in [0, 0.05) is 28.7 Å². The van der Waals surface area contributed by atoms with E-state index >= 15 is 0 Å². The van der Waals surface area contributed by atoms with Gasteiger partial charge in [-0.1, -0.05) is 11.6 Å². The average molecular weight is 245 g/mol. The molecule has 1 N–H and O–H groups in total. The summed E-state index contributed by atoms with van der Waals surface area (Å²) in [6, 6.07) is 1.99. The molecule has 0 spiro atoms. The van der Waals surface area contributed by atoms with Crippen molar-refractivity contribution in [1.82, 2.24) is 10.3 Å². The lowest BCUT2D eigenvalue weighted by atomic mass is 10.4. The van der Waals surface area contributed by atoms with E-state index in [1.54, 1.807) is 22.7 Å². The van der Waals surface area contributed by atoms with Crippen molar-refractivity contribution in [3.63, 3.8) is 0 Å². The van der Waals surface area contributed by atoms with E-state index in [0.717, 1.165) is 23.8 Å². The Morgan fingerprint density at radius 2 is 2.29 bits per heavy atom. The lowest BCUT2D eigenvalue weighted by molar-refractivity contribution is 0.690. The molecule has 0 bridgehead atoms. The third-order valence-corrected chi connectivity index (χ3v) is 3.63. The summed E-state index contributed by atoms with van der Waals surface area (Å²) < 4.78 is 0. The minimum absolute atomic E-state index is 0.818. The zero-order chi connectivity index (χ0) is 9.80. The number of halogens is 1. The van der Waals surface area contributed by atoms with Gasteiger partial charge in [0.1, 0.15) is 0 Å². The molecule has 2 heterocycles. The molecular weight excluding hydrogens is 236 g/mol. The maximum atomic E-state index is 5.81. The molecule has 2 nitrogen and oxygen atoms in total. The van der Waals surface area contributed by atoms with Crippen molar-refractivity contribution < 1.29 is 0 Å². The van der Waals surface area contributed by atoms with Crippen molar-refractivity contribution >= 4 is 34.3 Å². The molecule has 2 rings (SSSR count). The molecule has 2 aromatic heterocycles. The van der Waals surface area contributed by atoms with Gasteiger partial charge in [-0.25, -0.2) is 4.98 Å². The first kappa shape index (κ1) is 10.1. The number of hydrogen-bond donors (Lipinski definition) is 1. The summed E-state index contributed by atoms with van der Waals surface area (Å²) in [7, 11) is 0. The number of nitrogens with one attached hydrogen (secondary N) is 1. The molecule has 0 amide bonds. The Morgan fingerprint density at radius 1 is 1.36 bits per heavy atom. The van der Waals surface area contributed by atoms with Crippen LogP contribution in [0.2, 0.25) is 5.02 Å². The van der Waals surface area contributed by atoms with E-state index in [-0.39, 0.29) is 0 Å². The van der Waals surface area contributed by atoms with Gasteiger partial charge >= 0.3 is 0 Å². The quantitative estimate of drug-likeness (QED) is 0.894. The van der Waals surface area contributed by atoms with Gasteiger partial charge in [0.05, 0.1) is 16.2 Å². The van der Waals surface area contributed by atoms with Crippen LogP contribution in [0.4, 0.5) is 0 Å². The third kappa shape index (κ3) is 2.78. The predicted molar refractivity (Wildman–Crippen MR) is 62.0 cm³/mol. The highest BCUT2D eigenvalue weighted by molar-refractivity contribution is 7.10. The summed E-state index contributed by atoms with van der Waals surface area (Å²) in [6.07, 6.45) is 0. The number of thiophene rings is 1. The van der Waals surface area contributed by atoms with Crippen molar-refractivity contribution in [3.8, 4) is 0 Å². The molecule has 5 heteroatoms. The van der Waals surface area contributed by atoms with Gasteiger partial charge in [0.25, 0.3) is 0 Å². The summed E-state index contributed by atoms with van der Waals surface area (Å²) in [6.45, 7) is 1.67. The van der Waals surface area contributed by atoms with E-state index in [4.69, 9.17) is 11.6 Å². The van der Waals surface area contributed by atoms with Crippen molar-refractivity contribution in [2.24, 2.45) is 0 Å². The van der Waals surface area contributed by atoms with Crippen molar-refractivity contribution in [1.29, 1.82) is 0 Å². The van der Waals surface area contributed by atoms with Gasteiger partial charge in [-0.3, -0.25) is 0 Å². The Bertz CT molecular complexity index is 383. The second-order valence-corrected chi connectivity index (χ2v) is 4.97. The largest absolute Gasteiger partial charge is 0.306 e. The summed E-state index contributed by atoms with van der Waals surface area (Å²) in [5, 5.41) is 8.13. The molecule has 0 saturated carbocycles. The first-order valence-electron chi connectivity index (χ1n) is 4.15. The van der Waals surface area contributed by atoms with E-state index in [1.165, 1.54) is 4.88 Å². The third-order valence-electron chi connectivity index (χ3n) is 1.71. The van der Waals surface area contributed by atoms with Crippen LogP contribution in [0.15, 0.2) is 22.3 Å². The van der Waals surface area contributed by atoms with Gasteiger partial charge in [-0.15, -0.1) is 22.7 Å². The second-order valence-electron chi connectivity index (χ2n) is 2.81. The maximum absolute atomic E-state index is 5.81. The fraction of sp³-hybridized carbons (Fsp3) is 0.222. The van der Waals surface area contributed by atoms with Crippen LogP contribution in [0.5, 0.6) is 0 Å². The standard InChI is InChI=1S/C9H9ClN2S2/c10-7-1-9(14-4-7)3-11-2-8-5-13-6-12-8/h1,4-6,11H,2-3H2. The SMILES string of the molecule is Clc1csc(CNCc2cscn2)c1. The average Bonchev–Trinajstić information content (AvgIpc) is 2.77. The predicted octanol–water partition coefficient (Wildman–Crippen LogP) is 3.15. The van der Waals surface area contributed by atoms with E-state index in [1.807, 2.05) is 17.0 Å². The molecule has 0 aliphatic carbocycles. The zero-order valence-electron chi connectivity index (χ0n) is 7.37.